The van der Waals surface area contributed by atoms with Crippen molar-refractivity contribution in [3.8, 4) is 0 Å². The third kappa shape index (κ3) is 4.57. The molecule has 17 heavy (non-hydrogen) atoms. The molecule has 2 fully saturated rings. The van der Waals surface area contributed by atoms with E-state index in [-0.39, 0.29) is 0 Å². The molecule has 3 nitrogen and oxygen atoms in total. The smallest absolute Gasteiger partial charge is 0.00161 e. The molecule has 0 unspecified atom stereocenters. The van der Waals surface area contributed by atoms with Gasteiger partial charge in [-0.15, -0.1) is 0 Å². The Labute approximate surface area is 106 Å². The molecule has 3 heteroatoms. The lowest BCUT2D eigenvalue weighted by Gasteiger charge is -2.33. The molecule has 0 aliphatic carbocycles. The molecule has 0 aromatic carbocycles. The zero-order valence-corrected chi connectivity index (χ0v) is 11.2. The van der Waals surface area contributed by atoms with Crippen molar-refractivity contribution in [3.63, 3.8) is 0 Å². The van der Waals surface area contributed by atoms with Gasteiger partial charge in [-0.1, -0.05) is 0 Å². The summed E-state index contributed by atoms with van der Waals surface area (Å²) >= 11 is 0. The van der Waals surface area contributed by atoms with E-state index in [9.17, 15) is 0 Å². The Morgan fingerprint density at radius 1 is 0.941 bits per heavy atom. The van der Waals surface area contributed by atoms with Gasteiger partial charge in [0.15, 0.2) is 0 Å². The highest BCUT2D eigenvalue weighted by atomic mass is 15.1. The fourth-order valence-electron chi connectivity index (χ4n) is 3.27. The van der Waals surface area contributed by atoms with Gasteiger partial charge in [-0.05, 0) is 89.6 Å². The summed E-state index contributed by atoms with van der Waals surface area (Å²) in [6, 6.07) is 0. The van der Waals surface area contributed by atoms with Gasteiger partial charge in [0.05, 0.1) is 0 Å². The number of hydrogen-bond donors (Lipinski definition) is 2. The molecule has 2 saturated heterocycles. The standard InChI is InChI=1S/C14H29N3/c15-7-1-13-4-10-17(11-5-13)12-6-14-2-8-16-9-3-14/h13-14,16H,1-12,15H2. The highest BCUT2D eigenvalue weighted by Gasteiger charge is 2.20. The summed E-state index contributed by atoms with van der Waals surface area (Å²) in [5.41, 5.74) is 5.63. The molecule has 2 aliphatic rings. The second-order valence-electron chi connectivity index (χ2n) is 5.84. The van der Waals surface area contributed by atoms with Gasteiger partial charge >= 0.3 is 0 Å². The fourth-order valence-corrected chi connectivity index (χ4v) is 3.27. The van der Waals surface area contributed by atoms with Gasteiger partial charge in [0, 0.05) is 0 Å². The number of rotatable bonds is 5. The molecule has 2 aliphatic heterocycles. The average Bonchev–Trinajstić information content (AvgIpc) is 2.40. The van der Waals surface area contributed by atoms with Gasteiger partial charge in [-0.3, -0.25) is 0 Å². The first-order valence-electron chi connectivity index (χ1n) is 7.51. The Kier molecular flexibility index (Phi) is 5.75. The van der Waals surface area contributed by atoms with Crippen LogP contribution in [0.15, 0.2) is 0 Å². The minimum absolute atomic E-state index is 0.875. The maximum absolute atomic E-state index is 5.63. The van der Waals surface area contributed by atoms with Crippen LogP contribution in [0.4, 0.5) is 0 Å². The van der Waals surface area contributed by atoms with E-state index in [1.807, 2.05) is 0 Å². The molecule has 2 rings (SSSR count). The zero-order valence-electron chi connectivity index (χ0n) is 11.2. The van der Waals surface area contributed by atoms with E-state index >= 15 is 0 Å². The van der Waals surface area contributed by atoms with Gasteiger partial charge < -0.3 is 16.0 Å². The molecule has 100 valence electrons. The Hall–Kier alpha value is -0.120. The predicted molar refractivity (Wildman–Crippen MR) is 73.0 cm³/mol. The van der Waals surface area contributed by atoms with Crippen molar-refractivity contribution in [2.75, 3.05) is 39.3 Å². The number of piperidine rings is 2. The van der Waals surface area contributed by atoms with Crippen LogP contribution >= 0.6 is 0 Å². The second kappa shape index (κ2) is 7.34. The number of nitrogens with zero attached hydrogens (tertiary/aromatic N) is 1. The van der Waals surface area contributed by atoms with Crippen LogP contribution in [0, 0.1) is 11.8 Å². The molecule has 0 atom stereocenters. The number of nitrogens with one attached hydrogen (secondary N) is 1. The summed E-state index contributed by atoms with van der Waals surface area (Å²) in [7, 11) is 0. The summed E-state index contributed by atoms with van der Waals surface area (Å²) in [5.74, 6) is 1.90. The van der Waals surface area contributed by atoms with E-state index in [2.05, 4.69) is 10.2 Å². The third-order valence-corrected chi connectivity index (χ3v) is 4.59. The second-order valence-corrected chi connectivity index (χ2v) is 5.84. The van der Waals surface area contributed by atoms with Crippen LogP contribution in [-0.2, 0) is 0 Å². The highest BCUT2D eigenvalue weighted by Crippen LogP contribution is 2.22. The van der Waals surface area contributed by atoms with E-state index in [0.717, 1.165) is 18.4 Å². The van der Waals surface area contributed by atoms with E-state index in [1.165, 1.54) is 71.2 Å². The minimum atomic E-state index is 0.875. The van der Waals surface area contributed by atoms with Crippen LogP contribution in [0.1, 0.15) is 38.5 Å². The SMILES string of the molecule is NCCC1CCN(CCC2CCNCC2)CC1. The quantitative estimate of drug-likeness (QED) is 0.763. The Morgan fingerprint density at radius 2 is 1.59 bits per heavy atom. The maximum Gasteiger partial charge on any atom is -0.00161 e. The Morgan fingerprint density at radius 3 is 2.24 bits per heavy atom. The lowest BCUT2D eigenvalue weighted by atomic mass is 9.91. The van der Waals surface area contributed by atoms with Crippen LogP contribution in [0.3, 0.4) is 0 Å². The molecule has 3 N–H and O–H groups in total. The lowest BCUT2D eigenvalue weighted by molar-refractivity contribution is 0.165. The van der Waals surface area contributed by atoms with E-state index in [4.69, 9.17) is 5.73 Å². The lowest BCUT2D eigenvalue weighted by Crippen LogP contribution is -2.36. The Balaban J connectivity index is 1.57. The normalized spacial score (nSPS) is 25.2. The van der Waals surface area contributed by atoms with Crippen molar-refractivity contribution in [2.45, 2.75) is 38.5 Å². The summed E-state index contributed by atoms with van der Waals surface area (Å²) in [6.07, 6.45) is 8.20. The van der Waals surface area contributed by atoms with Crippen LogP contribution in [0.25, 0.3) is 0 Å². The van der Waals surface area contributed by atoms with E-state index < -0.39 is 0 Å². The maximum atomic E-state index is 5.63. The molecule has 0 amide bonds. The summed E-state index contributed by atoms with van der Waals surface area (Å²) in [4.78, 5) is 2.68. The average molecular weight is 239 g/mol. The molecule has 2 heterocycles. The van der Waals surface area contributed by atoms with Crippen LogP contribution < -0.4 is 11.1 Å². The van der Waals surface area contributed by atoms with Crippen molar-refractivity contribution in [2.24, 2.45) is 17.6 Å². The van der Waals surface area contributed by atoms with Crippen LogP contribution in [0.5, 0.6) is 0 Å². The largest absolute Gasteiger partial charge is 0.330 e. The van der Waals surface area contributed by atoms with E-state index in [0.29, 0.717) is 0 Å². The van der Waals surface area contributed by atoms with Crippen LogP contribution in [-0.4, -0.2) is 44.2 Å². The zero-order chi connectivity index (χ0) is 11.9. The first-order chi connectivity index (χ1) is 8.38. The van der Waals surface area contributed by atoms with Gasteiger partial charge in [-0.25, -0.2) is 0 Å². The minimum Gasteiger partial charge on any atom is -0.330 e. The summed E-state index contributed by atoms with van der Waals surface area (Å²) < 4.78 is 0. The highest BCUT2D eigenvalue weighted by molar-refractivity contribution is 4.75. The molecule has 0 bridgehead atoms. The number of hydrogen-bond acceptors (Lipinski definition) is 3. The van der Waals surface area contributed by atoms with E-state index in [1.54, 1.807) is 0 Å². The molecule has 0 radical (unpaired) electrons. The molecule has 0 aromatic rings. The first kappa shape index (κ1) is 13.3. The fraction of sp³-hybridized carbons (Fsp3) is 1.00. The number of nitrogens with two attached hydrogens (primary N) is 1. The molecule has 0 saturated carbocycles. The van der Waals surface area contributed by atoms with Gasteiger partial charge in [-0.2, -0.15) is 0 Å². The summed E-state index contributed by atoms with van der Waals surface area (Å²) in [6.45, 7) is 7.32. The van der Waals surface area contributed by atoms with Crippen molar-refractivity contribution in [3.05, 3.63) is 0 Å². The molecule has 0 spiro atoms. The van der Waals surface area contributed by atoms with Crippen molar-refractivity contribution in [1.82, 2.24) is 10.2 Å². The van der Waals surface area contributed by atoms with Crippen molar-refractivity contribution >= 4 is 0 Å². The van der Waals surface area contributed by atoms with Crippen molar-refractivity contribution < 1.29 is 0 Å². The molecular weight excluding hydrogens is 210 g/mol. The molecular formula is C14H29N3. The van der Waals surface area contributed by atoms with Crippen molar-refractivity contribution in [1.29, 1.82) is 0 Å². The predicted octanol–water partition coefficient (Wildman–Crippen LogP) is 1.44. The Bertz CT molecular complexity index is 194. The number of likely N-dealkylation sites (tertiary alicyclic amines) is 1. The monoisotopic (exact) mass is 239 g/mol. The van der Waals surface area contributed by atoms with Crippen LogP contribution in [0.2, 0.25) is 0 Å². The van der Waals surface area contributed by atoms with Gasteiger partial charge in [0.2, 0.25) is 0 Å². The van der Waals surface area contributed by atoms with Gasteiger partial charge in [0.25, 0.3) is 0 Å². The first-order valence-corrected chi connectivity index (χ1v) is 7.51. The third-order valence-electron chi connectivity index (χ3n) is 4.59. The summed E-state index contributed by atoms with van der Waals surface area (Å²) in [5, 5.41) is 3.45. The molecule has 0 aromatic heterocycles. The topological polar surface area (TPSA) is 41.3 Å². The van der Waals surface area contributed by atoms with Gasteiger partial charge in [0.1, 0.15) is 0 Å².